The van der Waals surface area contributed by atoms with Crippen molar-refractivity contribution in [2.75, 3.05) is 36.6 Å². The van der Waals surface area contributed by atoms with Gasteiger partial charge in [-0.25, -0.2) is 4.79 Å². The van der Waals surface area contributed by atoms with Crippen LogP contribution < -0.4 is 20.7 Å². The van der Waals surface area contributed by atoms with E-state index in [9.17, 15) is 9.59 Å². The normalized spacial score (nSPS) is 14.7. The smallest absolute Gasteiger partial charge is 0.323 e. The number of aryl methyl sites for hydroxylation is 1. The number of benzene rings is 3. The summed E-state index contributed by atoms with van der Waals surface area (Å²) in [6.07, 6.45) is 3.83. The van der Waals surface area contributed by atoms with Crippen molar-refractivity contribution in [3.05, 3.63) is 77.9 Å². The Morgan fingerprint density at radius 3 is 2.47 bits per heavy atom. The first-order valence-electron chi connectivity index (χ1n) is 11.4. The molecule has 1 aliphatic carbocycles. The van der Waals surface area contributed by atoms with Crippen LogP contribution in [0.25, 0.3) is 0 Å². The van der Waals surface area contributed by atoms with Gasteiger partial charge in [0.05, 0.1) is 5.69 Å². The highest BCUT2D eigenvalue weighted by Gasteiger charge is 2.19. The molecular formula is C27H30N4O3. The molecule has 0 fully saturated rings. The van der Waals surface area contributed by atoms with Crippen LogP contribution in [0.5, 0.6) is 11.5 Å². The van der Waals surface area contributed by atoms with Crippen LogP contribution in [-0.2, 0) is 17.6 Å². The first kappa shape index (κ1) is 23.3. The number of anilines is 3. The molecule has 0 bridgehead atoms. The molecule has 3 N–H and O–H groups in total. The average molecular weight is 459 g/mol. The summed E-state index contributed by atoms with van der Waals surface area (Å²) in [5.41, 5.74) is 4.41. The van der Waals surface area contributed by atoms with E-state index in [1.54, 1.807) is 18.2 Å². The summed E-state index contributed by atoms with van der Waals surface area (Å²) in [6, 6.07) is 20.2. The predicted molar refractivity (Wildman–Crippen MR) is 136 cm³/mol. The van der Waals surface area contributed by atoms with E-state index in [1.165, 1.54) is 11.1 Å². The largest absolute Gasteiger partial charge is 0.455 e. The van der Waals surface area contributed by atoms with E-state index in [0.29, 0.717) is 35.2 Å². The molecule has 0 radical (unpaired) electrons. The molecule has 0 saturated heterocycles. The number of fused-ring (bicyclic) bond motifs is 1. The average Bonchev–Trinajstić information content (AvgIpc) is 2.81. The van der Waals surface area contributed by atoms with Crippen LogP contribution in [0.1, 0.15) is 17.5 Å². The van der Waals surface area contributed by atoms with E-state index in [1.807, 2.05) is 36.4 Å². The highest BCUT2D eigenvalue weighted by atomic mass is 16.5. The zero-order chi connectivity index (χ0) is 23.9. The minimum absolute atomic E-state index is 0.352. The fourth-order valence-electron chi connectivity index (χ4n) is 4.36. The van der Waals surface area contributed by atoms with Crippen LogP contribution in [0.4, 0.5) is 21.9 Å². The second kappa shape index (κ2) is 10.9. The van der Waals surface area contributed by atoms with Crippen molar-refractivity contribution in [2.24, 2.45) is 5.92 Å². The van der Waals surface area contributed by atoms with E-state index >= 15 is 0 Å². The van der Waals surface area contributed by atoms with Gasteiger partial charge in [-0.1, -0.05) is 24.3 Å². The second-order valence-electron chi connectivity index (χ2n) is 8.82. The third-order valence-electron chi connectivity index (χ3n) is 5.84. The molecule has 4 rings (SSSR count). The highest BCUT2D eigenvalue weighted by Crippen LogP contribution is 2.32. The van der Waals surface area contributed by atoms with Gasteiger partial charge in [0, 0.05) is 17.9 Å². The van der Waals surface area contributed by atoms with Crippen LogP contribution in [0.3, 0.4) is 0 Å². The van der Waals surface area contributed by atoms with Gasteiger partial charge in [0.1, 0.15) is 5.75 Å². The summed E-state index contributed by atoms with van der Waals surface area (Å²) < 4.78 is 5.85. The van der Waals surface area contributed by atoms with Crippen molar-refractivity contribution < 1.29 is 14.3 Å². The van der Waals surface area contributed by atoms with Crippen LogP contribution in [-0.4, -0.2) is 38.0 Å². The number of hydrogen-bond acceptors (Lipinski definition) is 4. The molecular weight excluding hydrogens is 428 g/mol. The molecule has 0 heterocycles. The Hall–Kier alpha value is -3.84. The minimum Gasteiger partial charge on any atom is -0.455 e. The van der Waals surface area contributed by atoms with Gasteiger partial charge < -0.3 is 25.6 Å². The Labute approximate surface area is 200 Å². The maximum Gasteiger partial charge on any atom is 0.323 e. The molecule has 7 nitrogen and oxygen atoms in total. The van der Waals surface area contributed by atoms with Gasteiger partial charge in [0.25, 0.3) is 0 Å². The second-order valence-corrected chi connectivity index (χ2v) is 8.82. The standard InChI is InChI=1S/C27H30N4O3/c1-31(2)17-19-8-9-21-15-22(11-10-20(21)14-19)29-27(33)30-23-12-13-26(25(16-23)28-18-32)34-24-6-4-3-5-7-24/h3-7,10-13,15-16,18-19H,8-9,14,17H2,1-2H3,(H,28,32)(H2,29,30,33). The van der Waals surface area contributed by atoms with Crippen molar-refractivity contribution in [3.8, 4) is 11.5 Å². The lowest BCUT2D eigenvalue weighted by molar-refractivity contribution is -0.105. The Balaban J connectivity index is 1.40. The molecule has 1 atom stereocenters. The number of carbonyl (C=O) groups is 2. The molecule has 0 aromatic heterocycles. The monoisotopic (exact) mass is 458 g/mol. The van der Waals surface area contributed by atoms with E-state index in [2.05, 4.69) is 47.1 Å². The molecule has 0 spiro atoms. The van der Waals surface area contributed by atoms with Crippen molar-refractivity contribution in [2.45, 2.75) is 19.3 Å². The number of nitrogens with zero attached hydrogens (tertiary/aromatic N) is 1. The van der Waals surface area contributed by atoms with Gasteiger partial charge in [-0.3, -0.25) is 4.79 Å². The summed E-state index contributed by atoms with van der Waals surface area (Å²) in [4.78, 5) is 25.9. The van der Waals surface area contributed by atoms with E-state index in [-0.39, 0.29) is 6.03 Å². The molecule has 0 aliphatic heterocycles. The van der Waals surface area contributed by atoms with Gasteiger partial charge in [-0.15, -0.1) is 0 Å². The number of ether oxygens (including phenoxy) is 1. The topological polar surface area (TPSA) is 82.7 Å². The molecule has 3 aromatic rings. The van der Waals surface area contributed by atoms with Crippen LogP contribution in [0.15, 0.2) is 66.7 Å². The number of amides is 3. The van der Waals surface area contributed by atoms with Gasteiger partial charge >= 0.3 is 6.03 Å². The lowest BCUT2D eigenvalue weighted by atomic mass is 9.83. The van der Waals surface area contributed by atoms with Gasteiger partial charge in [0.2, 0.25) is 6.41 Å². The Kier molecular flexibility index (Phi) is 7.44. The van der Waals surface area contributed by atoms with Crippen molar-refractivity contribution in [1.29, 1.82) is 0 Å². The molecule has 3 aromatic carbocycles. The van der Waals surface area contributed by atoms with E-state index in [0.717, 1.165) is 31.5 Å². The van der Waals surface area contributed by atoms with Crippen LogP contribution in [0, 0.1) is 5.92 Å². The van der Waals surface area contributed by atoms with Gasteiger partial charge in [-0.2, -0.15) is 0 Å². The molecule has 7 heteroatoms. The summed E-state index contributed by atoms with van der Waals surface area (Å²) in [5, 5.41) is 8.36. The Morgan fingerprint density at radius 1 is 1.00 bits per heavy atom. The van der Waals surface area contributed by atoms with Crippen molar-refractivity contribution in [3.63, 3.8) is 0 Å². The number of urea groups is 1. The van der Waals surface area contributed by atoms with Crippen LogP contribution >= 0.6 is 0 Å². The van der Waals surface area contributed by atoms with Crippen molar-refractivity contribution >= 4 is 29.5 Å². The molecule has 176 valence electrons. The van der Waals surface area contributed by atoms with Gasteiger partial charge in [0.15, 0.2) is 5.75 Å². The first-order chi connectivity index (χ1) is 16.5. The van der Waals surface area contributed by atoms with Crippen molar-refractivity contribution in [1.82, 2.24) is 4.90 Å². The number of hydrogen-bond donors (Lipinski definition) is 3. The number of carbonyl (C=O) groups excluding carboxylic acids is 2. The fraction of sp³-hybridized carbons (Fsp3) is 0.259. The molecule has 1 unspecified atom stereocenters. The lowest BCUT2D eigenvalue weighted by Crippen LogP contribution is -2.26. The number of nitrogens with one attached hydrogen (secondary N) is 3. The first-order valence-corrected chi connectivity index (χ1v) is 11.4. The zero-order valence-corrected chi connectivity index (χ0v) is 19.5. The molecule has 3 amide bonds. The lowest BCUT2D eigenvalue weighted by Gasteiger charge is -2.27. The number of rotatable bonds is 8. The summed E-state index contributed by atoms with van der Waals surface area (Å²) in [6.45, 7) is 1.10. The summed E-state index contributed by atoms with van der Waals surface area (Å²) in [5.74, 6) is 1.80. The molecule has 34 heavy (non-hydrogen) atoms. The maximum atomic E-state index is 12.6. The quantitative estimate of drug-likeness (QED) is 0.397. The third kappa shape index (κ3) is 6.14. The zero-order valence-electron chi connectivity index (χ0n) is 19.5. The summed E-state index contributed by atoms with van der Waals surface area (Å²) in [7, 11) is 4.23. The van der Waals surface area contributed by atoms with E-state index in [4.69, 9.17) is 4.74 Å². The highest BCUT2D eigenvalue weighted by molar-refractivity contribution is 6.00. The summed E-state index contributed by atoms with van der Waals surface area (Å²) >= 11 is 0. The minimum atomic E-state index is -0.352. The third-order valence-corrected chi connectivity index (χ3v) is 5.84. The predicted octanol–water partition coefficient (Wildman–Crippen LogP) is 5.36. The van der Waals surface area contributed by atoms with E-state index < -0.39 is 0 Å². The Morgan fingerprint density at radius 2 is 1.74 bits per heavy atom. The SMILES string of the molecule is CN(C)CC1CCc2cc(NC(=O)Nc3ccc(Oc4ccccc4)c(NC=O)c3)ccc2C1. The molecule has 0 saturated carbocycles. The van der Waals surface area contributed by atoms with Crippen LogP contribution in [0.2, 0.25) is 0 Å². The number of para-hydroxylation sites is 1. The fourth-order valence-corrected chi connectivity index (χ4v) is 4.36. The molecule has 1 aliphatic rings. The van der Waals surface area contributed by atoms with Gasteiger partial charge in [-0.05, 0) is 92.9 Å². The maximum absolute atomic E-state index is 12.6. The Bertz CT molecular complexity index is 1150.